The molecule has 3 rings (SSSR count). The Bertz CT molecular complexity index is 1050. The summed E-state index contributed by atoms with van der Waals surface area (Å²) in [5.74, 6) is -0.0894. The highest BCUT2D eigenvalue weighted by Crippen LogP contribution is 2.29. The van der Waals surface area contributed by atoms with Crippen LogP contribution in [-0.4, -0.2) is 24.7 Å². The molecule has 0 bridgehead atoms. The second kappa shape index (κ2) is 10.4. The number of ether oxygens (including phenoxy) is 2. The van der Waals surface area contributed by atoms with E-state index < -0.39 is 5.97 Å². The van der Waals surface area contributed by atoms with E-state index in [4.69, 9.17) is 9.47 Å². The van der Waals surface area contributed by atoms with Crippen molar-refractivity contribution in [1.82, 2.24) is 5.43 Å². The predicted molar refractivity (Wildman–Crippen MR) is 118 cm³/mol. The van der Waals surface area contributed by atoms with Crippen LogP contribution < -0.4 is 14.9 Å². The summed E-state index contributed by atoms with van der Waals surface area (Å²) < 4.78 is 12.0. The van der Waals surface area contributed by atoms with Crippen LogP contribution in [-0.2, 0) is 0 Å². The van der Waals surface area contributed by atoms with Crippen molar-refractivity contribution >= 4 is 34.0 Å². The van der Waals surface area contributed by atoms with Crippen molar-refractivity contribution in [1.29, 1.82) is 0 Å². The Morgan fingerprint density at radius 1 is 0.967 bits per heavy atom. The molecule has 0 radical (unpaired) electrons. The van der Waals surface area contributed by atoms with Gasteiger partial charge in [-0.25, -0.2) is 10.2 Å². The van der Waals surface area contributed by atoms with Gasteiger partial charge in [0.15, 0.2) is 11.5 Å². The van der Waals surface area contributed by atoms with Crippen molar-refractivity contribution in [2.75, 3.05) is 6.61 Å². The summed E-state index contributed by atoms with van der Waals surface area (Å²) in [5.41, 5.74) is 4.09. The maximum absolute atomic E-state index is 12.4. The number of hydrazone groups is 1. The fraction of sp³-hybridized carbons (Fsp3) is 0.0870. The maximum atomic E-state index is 12.4. The van der Waals surface area contributed by atoms with E-state index >= 15 is 0 Å². The van der Waals surface area contributed by atoms with Gasteiger partial charge in [0, 0.05) is 10.0 Å². The molecule has 1 N–H and O–H groups in total. The molecule has 0 unspecified atom stereocenters. The van der Waals surface area contributed by atoms with Gasteiger partial charge in [-0.2, -0.15) is 5.10 Å². The number of hydrogen-bond acceptors (Lipinski definition) is 5. The Kier molecular flexibility index (Phi) is 7.34. The van der Waals surface area contributed by atoms with E-state index in [0.29, 0.717) is 34.8 Å². The lowest BCUT2D eigenvalue weighted by Crippen LogP contribution is -2.17. The normalized spacial score (nSPS) is 10.6. The first kappa shape index (κ1) is 21.3. The highest BCUT2D eigenvalue weighted by Gasteiger charge is 2.13. The topological polar surface area (TPSA) is 77.0 Å². The number of benzene rings is 3. The van der Waals surface area contributed by atoms with Crippen LogP contribution in [0.15, 0.2) is 82.4 Å². The Morgan fingerprint density at radius 2 is 1.70 bits per heavy atom. The summed E-state index contributed by atoms with van der Waals surface area (Å²) in [5, 5.41) is 3.97. The number of esters is 1. The molecular weight excluding hydrogens is 448 g/mol. The number of halogens is 1. The fourth-order valence-electron chi connectivity index (χ4n) is 2.52. The second-order valence-corrected chi connectivity index (χ2v) is 7.02. The standard InChI is InChI=1S/C23H19BrN2O4/c1-2-29-21-14-16(15-25-26-22(27)17-6-4-3-5-7-17)8-13-20(21)30-23(28)18-9-11-19(24)12-10-18/h3-15H,2H2,1H3,(H,26,27)/b25-15+. The number of nitrogens with zero attached hydrogens (tertiary/aromatic N) is 1. The number of hydrogen-bond donors (Lipinski definition) is 1. The average molecular weight is 467 g/mol. The third-order valence-corrected chi connectivity index (χ3v) is 4.49. The Morgan fingerprint density at radius 3 is 2.40 bits per heavy atom. The molecule has 7 heteroatoms. The van der Waals surface area contributed by atoms with Gasteiger partial charge in [0.25, 0.3) is 5.91 Å². The summed E-state index contributed by atoms with van der Waals surface area (Å²) in [7, 11) is 0. The van der Waals surface area contributed by atoms with Gasteiger partial charge < -0.3 is 9.47 Å². The molecule has 30 heavy (non-hydrogen) atoms. The smallest absolute Gasteiger partial charge is 0.343 e. The summed E-state index contributed by atoms with van der Waals surface area (Å²) in [4.78, 5) is 24.4. The number of nitrogens with one attached hydrogen (secondary N) is 1. The van der Waals surface area contributed by atoms with E-state index in [2.05, 4.69) is 26.5 Å². The first-order chi connectivity index (χ1) is 14.6. The first-order valence-corrected chi connectivity index (χ1v) is 9.99. The van der Waals surface area contributed by atoms with E-state index in [1.165, 1.54) is 6.21 Å². The summed E-state index contributed by atoms with van der Waals surface area (Å²) in [6.45, 7) is 2.23. The zero-order valence-corrected chi connectivity index (χ0v) is 17.8. The zero-order valence-electron chi connectivity index (χ0n) is 16.2. The minimum atomic E-state index is -0.486. The fourth-order valence-corrected chi connectivity index (χ4v) is 2.79. The molecule has 6 nitrogen and oxygen atoms in total. The molecule has 0 fully saturated rings. The van der Waals surface area contributed by atoms with Crippen LogP contribution in [0.5, 0.6) is 11.5 Å². The van der Waals surface area contributed by atoms with Crippen LogP contribution in [0.3, 0.4) is 0 Å². The van der Waals surface area contributed by atoms with Crippen molar-refractivity contribution in [3.8, 4) is 11.5 Å². The SMILES string of the molecule is CCOc1cc(/C=N/NC(=O)c2ccccc2)ccc1OC(=O)c1ccc(Br)cc1. The lowest BCUT2D eigenvalue weighted by Gasteiger charge is -2.11. The van der Waals surface area contributed by atoms with Gasteiger partial charge in [0.1, 0.15) is 0 Å². The molecule has 3 aromatic rings. The third-order valence-electron chi connectivity index (χ3n) is 3.97. The Hall–Kier alpha value is -3.45. The number of carbonyl (C=O) groups excluding carboxylic acids is 2. The van der Waals surface area contributed by atoms with Crippen LogP contribution in [0.4, 0.5) is 0 Å². The molecule has 3 aromatic carbocycles. The highest BCUT2D eigenvalue weighted by molar-refractivity contribution is 9.10. The lowest BCUT2D eigenvalue weighted by molar-refractivity contribution is 0.0728. The van der Waals surface area contributed by atoms with E-state index in [0.717, 1.165) is 4.47 Å². The van der Waals surface area contributed by atoms with Crippen molar-refractivity contribution in [2.24, 2.45) is 5.10 Å². The van der Waals surface area contributed by atoms with Gasteiger partial charge >= 0.3 is 5.97 Å². The quantitative estimate of drug-likeness (QED) is 0.234. The molecule has 0 saturated heterocycles. The first-order valence-electron chi connectivity index (χ1n) is 9.20. The maximum Gasteiger partial charge on any atom is 0.343 e. The predicted octanol–water partition coefficient (Wildman–Crippen LogP) is 4.83. The number of rotatable bonds is 7. The van der Waals surface area contributed by atoms with E-state index in [9.17, 15) is 9.59 Å². The molecule has 0 aliphatic rings. The minimum absolute atomic E-state index is 0.301. The van der Waals surface area contributed by atoms with Crippen LogP contribution >= 0.6 is 15.9 Å². The molecule has 152 valence electrons. The van der Waals surface area contributed by atoms with Gasteiger partial charge in [-0.15, -0.1) is 0 Å². The van der Waals surface area contributed by atoms with Crippen LogP contribution in [0, 0.1) is 0 Å². The van der Waals surface area contributed by atoms with Crippen molar-refractivity contribution < 1.29 is 19.1 Å². The molecule has 0 heterocycles. The molecular formula is C23H19BrN2O4. The largest absolute Gasteiger partial charge is 0.490 e. The van der Waals surface area contributed by atoms with E-state index in [1.54, 1.807) is 66.7 Å². The molecule has 0 aliphatic heterocycles. The van der Waals surface area contributed by atoms with Gasteiger partial charge in [0.05, 0.1) is 18.4 Å². The van der Waals surface area contributed by atoms with E-state index in [1.807, 2.05) is 13.0 Å². The van der Waals surface area contributed by atoms with Gasteiger partial charge in [-0.05, 0) is 67.1 Å². The second-order valence-electron chi connectivity index (χ2n) is 6.10. The summed E-state index contributed by atoms with van der Waals surface area (Å²) in [6.07, 6.45) is 1.49. The minimum Gasteiger partial charge on any atom is -0.490 e. The van der Waals surface area contributed by atoms with Crippen molar-refractivity contribution in [3.05, 3.63) is 94.0 Å². The summed E-state index contributed by atoms with van der Waals surface area (Å²) >= 11 is 3.33. The molecule has 0 aromatic heterocycles. The Balaban J connectivity index is 1.70. The highest BCUT2D eigenvalue weighted by atomic mass is 79.9. The van der Waals surface area contributed by atoms with Crippen LogP contribution in [0.25, 0.3) is 0 Å². The molecule has 0 spiro atoms. The van der Waals surface area contributed by atoms with Crippen molar-refractivity contribution in [3.63, 3.8) is 0 Å². The van der Waals surface area contributed by atoms with Gasteiger partial charge in [0.2, 0.25) is 0 Å². The zero-order chi connectivity index (χ0) is 21.3. The monoisotopic (exact) mass is 466 g/mol. The van der Waals surface area contributed by atoms with Crippen LogP contribution in [0.2, 0.25) is 0 Å². The lowest BCUT2D eigenvalue weighted by atomic mass is 10.2. The molecule has 0 atom stereocenters. The van der Waals surface area contributed by atoms with E-state index in [-0.39, 0.29) is 5.91 Å². The average Bonchev–Trinajstić information content (AvgIpc) is 2.76. The third kappa shape index (κ3) is 5.78. The number of amides is 1. The van der Waals surface area contributed by atoms with Crippen molar-refractivity contribution in [2.45, 2.75) is 6.92 Å². The molecule has 0 aliphatic carbocycles. The molecule has 1 amide bonds. The molecule has 0 saturated carbocycles. The van der Waals surface area contributed by atoms with Gasteiger partial charge in [-0.3, -0.25) is 4.79 Å². The summed E-state index contributed by atoms with van der Waals surface area (Å²) in [6, 6.07) is 20.7. The van der Waals surface area contributed by atoms with Gasteiger partial charge in [-0.1, -0.05) is 34.1 Å². The number of carbonyl (C=O) groups is 2. The van der Waals surface area contributed by atoms with Crippen LogP contribution in [0.1, 0.15) is 33.2 Å². The Labute approximate surface area is 182 Å².